The van der Waals surface area contributed by atoms with E-state index in [1.54, 1.807) is 35.8 Å². The summed E-state index contributed by atoms with van der Waals surface area (Å²) in [6, 6.07) is 7.31. The molecule has 1 aliphatic heterocycles. The van der Waals surface area contributed by atoms with Crippen LogP contribution in [0, 0.1) is 5.82 Å². The quantitative estimate of drug-likeness (QED) is 0.433. The maximum absolute atomic E-state index is 14.6. The molecule has 1 saturated heterocycles. The Balaban J connectivity index is 1.46. The zero-order valence-corrected chi connectivity index (χ0v) is 19.8. The van der Waals surface area contributed by atoms with Gasteiger partial charge in [0.25, 0.3) is 0 Å². The number of H-pyrrole nitrogens is 1. The van der Waals surface area contributed by atoms with E-state index in [9.17, 15) is 18.0 Å². The Kier molecular flexibility index (Phi) is 6.27. The van der Waals surface area contributed by atoms with E-state index in [4.69, 9.17) is 0 Å². The van der Waals surface area contributed by atoms with Crippen LogP contribution < -0.4 is 0 Å². The lowest BCUT2D eigenvalue weighted by atomic mass is 9.88. The van der Waals surface area contributed by atoms with Crippen molar-refractivity contribution in [2.45, 2.75) is 31.6 Å². The molecule has 5 rings (SSSR count). The Labute approximate surface area is 201 Å². The number of aromatic nitrogens is 3. The number of hydrogen-bond donors (Lipinski definition) is 1. The summed E-state index contributed by atoms with van der Waals surface area (Å²) in [5, 5.41) is 0.745. The highest BCUT2D eigenvalue weighted by atomic mass is 19.3. The molecule has 0 saturated carbocycles. The lowest BCUT2D eigenvalue weighted by Gasteiger charge is -2.32. The van der Waals surface area contributed by atoms with Gasteiger partial charge in [-0.1, -0.05) is 6.07 Å². The van der Waals surface area contributed by atoms with Crippen molar-refractivity contribution in [2.75, 3.05) is 33.7 Å². The molecule has 9 heteroatoms. The number of nitrogens with zero attached hydrogens (tertiary/aromatic N) is 4. The van der Waals surface area contributed by atoms with Crippen LogP contribution in [0.2, 0.25) is 0 Å². The van der Waals surface area contributed by atoms with Gasteiger partial charge < -0.3 is 14.3 Å². The number of imidazole rings is 1. The largest absolute Gasteiger partial charge is 0.354 e. The van der Waals surface area contributed by atoms with Gasteiger partial charge in [-0.2, -0.15) is 0 Å². The molecule has 0 bridgehead atoms. The molecule has 3 aromatic heterocycles. The smallest absolute Gasteiger partial charge is 0.242 e. The van der Waals surface area contributed by atoms with Crippen LogP contribution in [0.4, 0.5) is 13.2 Å². The average Bonchev–Trinajstić information content (AvgIpc) is 3.44. The zero-order valence-electron chi connectivity index (χ0n) is 19.8. The highest BCUT2D eigenvalue weighted by molar-refractivity contribution is 5.91. The number of aromatic amines is 1. The summed E-state index contributed by atoms with van der Waals surface area (Å²) < 4.78 is 43.4. The number of halogens is 3. The first-order valence-corrected chi connectivity index (χ1v) is 11.8. The molecule has 0 atom stereocenters. The number of amides is 1. The highest BCUT2D eigenvalue weighted by Gasteiger charge is 2.24. The molecular formula is C26H28F3N5O. The average molecular weight is 484 g/mol. The number of piperidine rings is 1. The summed E-state index contributed by atoms with van der Waals surface area (Å²) in [6.45, 7) is 2.04. The molecule has 0 unspecified atom stereocenters. The maximum atomic E-state index is 14.6. The van der Waals surface area contributed by atoms with Crippen molar-refractivity contribution in [3.05, 3.63) is 59.8 Å². The summed E-state index contributed by atoms with van der Waals surface area (Å²) in [5.41, 5.74) is 3.54. The fourth-order valence-electron chi connectivity index (χ4n) is 5.02. The topological polar surface area (TPSA) is 56.6 Å². The number of nitrogens with one attached hydrogen (secondary N) is 1. The van der Waals surface area contributed by atoms with Crippen LogP contribution in [0.15, 0.2) is 42.9 Å². The van der Waals surface area contributed by atoms with Crippen LogP contribution >= 0.6 is 0 Å². The normalized spacial score (nSPS) is 15.5. The molecule has 0 radical (unpaired) electrons. The van der Waals surface area contributed by atoms with E-state index in [1.807, 2.05) is 18.2 Å². The number of pyridine rings is 1. The third kappa shape index (κ3) is 4.65. The fraction of sp³-hybridized carbons (Fsp3) is 0.385. The van der Waals surface area contributed by atoms with Crippen molar-refractivity contribution >= 4 is 22.5 Å². The summed E-state index contributed by atoms with van der Waals surface area (Å²) in [7, 11) is 3.52. The van der Waals surface area contributed by atoms with Crippen LogP contribution in [0.25, 0.3) is 27.8 Å². The van der Waals surface area contributed by atoms with Gasteiger partial charge >= 0.3 is 0 Å². The maximum Gasteiger partial charge on any atom is 0.242 e. The van der Waals surface area contributed by atoms with Gasteiger partial charge in [-0.15, -0.1) is 0 Å². The predicted molar refractivity (Wildman–Crippen MR) is 129 cm³/mol. The van der Waals surface area contributed by atoms with Gasteiger partial charge in [-0.05, 0) is 61.2 Å². The third-order valence-corrected chi connectivity index (χ3v) is 6.94. The van der Waals surface area contributed by atoms with E-state index in [0.717, 1.165) is 42.4 Å². The summed E-state index contributed by atoms with van der Waals surface area (Å²) in [4.78, 5) is 23.0. The third-order valence-electron chi connectivity index (χ3n) is 6.94. The standard InChI is InChI=1S/C26H28F3N5O/c1-32(2)24(35)15-33-8-5-16(6-9-33)17-3-4-22-19(11-17)20(13-23(28)29)25(31-22)18-12-21(27)26-30-7-10-34(26)14-18/h3-4,7,10-12,14,16,23,31H,5-6,8-9,13,15H2,1-2H3. The van der Waals surface area contributed by atoms with Gasteiger partial charge in [0.15, 0.2) is 11.5 Å². The molecule has 1 N–H and O–H groups in total. The van der Waals surface area contributed by atoms with Crippen molar-refractivity contribution in [3.63, 3.8) is 0 Å². The predicted octanol–water partition coefficient (Wildman–Crippen LogP) is 4.70. The van der Waals surface area contributed by atoms with E-state index in [0.29, 0.717) is 29.3 Å². The lowest BCUT2D eigenvalue weighted by molar-refractivity contribution is -0.130. The summed E-state index contributed by atoms with van der Waals surface area (Å²) in [5.74, 6) is -0.122. The Hall–Kier alpha value is -3.33. The van der Waals surface area contributed by atoms with Crippen LogP contribution in [-0.2, 0) is 11.2 Å². The molecule has 184 valence electrons. The molecule has 1 aromatic carbocycles. The first-order valence-electron chi connectivity index (χ1n) is 11.8. The second-order valence-corrected chi connectivity index (χ2v) is 9.45. The van der Waals surface area contributed by atoms with E-state index in [1.165, 1.54) is 12.3 Å². The molecule has 4 heterocycles. The van der Waals surface area contributed by atoms with E-state index < -0.39 is 18.7 Å². The van der Waals surface area contributed by atoms with Crippen molar-refractivity contribution < 1.29 is 18.0 Å². The number of alkyl halides is 2. The minimum atomic E-state index is -2.53. The number of likely N-dealkylation sites (N-methyl/N-ethyl adjacent to an activating group) is 1. The molecule has 0 aliphatic carbocycles. The van der Waals surface area contributed by atoms with Gasteiger partial charge in [-0.3, -0.25) is 9.69 Å². The SMILES string of the molecule is CN(C)C(=O)CN1CCC(c2ccc3[nH]c(-c4cc(F)c5nccn5c4)c(CC(F)F)c3c2)CC1. The van der Waals surface area contributed by atoms with E-state index in [2.05, 4.69) is 14.9 Å². The van der Waals surface area contributed by atoms with Crippen molar-refractivity contribution in [1.29, 1.82) is 0 Å². The van der Waals surface area contributed by atoms with Crippen LogP contribution in [0.5, 0.6) is 0 Å². The second kappa shape index (κ2) is 9.37. The molecule has 1 amide bonds. The number of fused-ring (bicyclic) bond motifs is 2. The fourth-order valence-corrected chi connectivity index (χ4v) is 5.02. The number of carbonyl (C=O) groups excluding carboxylic acids is 1. The van der Waals surface area contributed by atoms with Gasteiger partial charge in [0.2, 0.25) is 12.3 Å². The summed E-state index contributed by atoms with van der Waals surface area (Å²) in [6.07, 6.45) is 3.68. The minimum absolute atomic E-state index is 0.0895. The number of hydrogen-bond acceptors (Lipinski definition) is 3. The van der Waals surface area contributed by atoms with Crippen LogP contribution in [0.3, 0.4) is 0 Å². The zero-order chi connectivity index (χ0) is 24.7. The molecule has 4 aromatic rings. The molecular weight excluding hydrogens is 455 g/mol. The Morgan fingerprint density at radius 3 is 2.71 bits per heavy atom. The van der Waals surface area contributed by atoms with Crippen LogP contribution in [-0.4, -0.2) is 70.2 Å². The van der Waals surface area contributed by atoms with Crippen molar-refractivity contribution in [3.8, 4) is 11.3 Å². The Bertz CT molecular complexity index is 1370. The minimum Gasteiger partial charge on any atom is -0.354 e. The first-order chi connectivity index (χ1) is 16.8. The molecule has 0 spiro atoms. The number of likely N-dealkylation sites (tertiary alicyclic amines) is 1. The molecule has 6 nitrogen and oxygen atoms in total. The van der Waals surface area contributed by atoms with Gasteiger partial charge in [0.05, 0.1) is 12.2 Å². The number of benzene rings is 1. The van der Waals surface area contributed by atoms with Gasteiger partial charge in [-0.25, -0.2) is 18.2 Å². The highest BCUT2D eigenvalue weighted by Crippen LogP contribution is 2.36. The molecule has 1 fully saturated rings. The van der Waals surface area contributed by atoms with Crippen molar-refractivity contribution in [1.82, 2.24) is 24.2 Å². The van der Waals surface area contributed by atoms with Gasteiger partial charge in [0, 0.05) is 55.6 Å². The van der Waals surface area contributed by atoms with E-state index in [-0.39, 0.29) is 11.6 Å². The second-order valence-electron chi connectivity index (χ2n) is 9.45. The van der Waals surface area contributed by atoms with Gasteiger partial charge in [0.1, 0.15) is 0 Å². The Morgan fingerprint density at radius 2 is 2.00 bits per heavy atom. The summed E-state index contributed by atoms with van der Waals surface area (Å²) >= 11 is 0. The van der Waals surface area contributed by atoms with Crippen molar-refractivity contribution in [2.24, 2.45) is 0 Å². The molecule has 1 aliphatic rings. The number of rotatable bonds is 6. The van der Waals surface area contributed by atoms with Crippen LogP contribution in [0.1, 0.15) is 29.9 Å². The Morgan fingerprint density at radius 1 is 1.23 bits per heavy atom. The first kappa shape index (κ1) is 23.4. The molecule has 35 heavy (non-hydrogen) atoms. The lowest BCUT2D eigenvalue weighted by Crippen LogP contribution is -2.40. The monoisotopic (exact) mass is 483 g/mol. The van der Waals surface area contributed by atoms with E-state index >= 15 is 0 Å². The number of carbonyl (C=O) groups is 1.